The number of likely N-dealkylation sites (tertiary alicyclic amines) is 2. The molecule has 24 heavy (non-hydrogen) atoms. The number of hydrogen-bond acceptors (Lipinski definition) is 4. The number of aromatic nitrogens is 1. The van der Waals surface area contributed by atoms with Gasteiger partial charge in [-0.3, -0.25) is 9.78 Å². The zero-order chi connectivity index (χ0) is 16.4. The van der Waals surface area contributed by atoms with Crippen molar-refractivity contribution in [1.82, 2.24) is 20.1 Å². The molecule has 5 nitrogen and oxygen atoms in total. The van der Waals surface area contributed by atoms with Gasteiger partial charge in [0.1, 0.15) is 0 Å². The van der Waals surface area contributed by atoms with Gasteiger partial charge in [0.25, 0.3) is 0 Å². The van der Waals surface area contributed by atoms with Crippen molar-refractivity contribution in [1.29, 1.82) is 0 Å². The highest BCUT2D eigenvalue weighted by molar-refractivity contribution is 5.81. The Morgan fingerprint density at radius 3 is 2.50 bits per heavy atom. The highest BCUT2D eigenvalue weighted by Gasteiger charge is 2.48. The summed E-state index contributed by atoms with van der Waals surface area (Å²) in [5, 5.41) is 3.33. The number of amides is 1. The second-order valence-corrected chi connectivity index (χ2v) is 7.64. The lowest BCUT2D eigenvalue weighted by atomic mass is 9.75. The zero-order valence-electron chi connectivity index (χ0n) is 14.4. The van der Waals surface area contributed by atoms with E-state index in [4.69, 9.17) is 0 Å². The van der Waals surface area contributed by atoms with Crippen LogP contribution in [0.1, 0.15) is 43.6 Å². The summed E-state index contributed by atoms with van der Waals surface area (Å²) in [7, 11) is 0. The molecule has 1 N–H and O–H groups in total. The Labute approximate surface area is 144 Å². The molecule has 0 aliphatic carbocycles. The van der Waals surface area contributed by atoms with Gasteiger partial charge >= 0.3 is 0 Å². The van der Waals surface area contributed by atoms with E-state index in [0.717, 1.165) is 25.9 Å². The highest BCUT2D eigenvalue weighted by Crippen LogP contribution is 2.42. The maximum absolute atomic E-state index is 12.1. The van der Waals surface area contributed by atoms with E-state index in [9.17, 15) is 4.79 Å². The Balaban J connectivity index is 1.38. The number of nitrogens with zero attached hydrogens (tertiary/aromatic N) is 3. The second-order valence-electron chi connectivity index (χ2n) is 7.64. The third-order valence-corrected chi connectivity index (χ3v) is 6.21. The lowest BCUT2D eigenvalue weighted by Crippen LogP contribution is -2.54. The summed E-state index contributed by atoms with van der Waals surface area (Å²) in [6.07, 6.45) is 9.19. The summed E-state index contributed by atoms with van der Waals surface area (Å²) < 4.78 is 0. The SMILES string of the molecule is O=C1C[C@@H](c2cccnc2)C2(CCN(CCN3CCCC3)CC2)N1. The smallest absolute Gasteiger partial charge is 0.221 e. The Morgan fingerprint density at radius 1 is 1.12 bits per heavy atom. The van der Waals surface area contributed by atoms with Gasteiger partial charge in [0.05, 0.1) is 0 Å². The van der Waals surface area contributed by atoms with Crippen molar-refractivity contribution in [3.8, 4) is 0 Å². The van der Waals surface area contributed by atoms with Gasteiger partial charge in [-0.15, -0.1) is 0 Å². The number of hydrogen-bond donors (Lipinski definition) is 1. The summed E-state index contributed by atoms with van der Waals surface area (Å²) in [6.45, 7) is 7.09. The molecular weight excluding hydrogens is 300 g/mol. The molecule has 0 bridgehead atoms. The molecule has 1 amide bonds. The van der Waals surface area contributed by atoms with Gasteiger partial charge in [-0.25, -0.2) is 0 Å². The zero-order valence-corrected chi connectivity index (χ0v) is 14.4. The number of rotatable bonds is 4. The first-order valence-electron chi connectivity index (χ1n) is 9.41. The van der Waals surface area contributed by atoms with Crippen LogP contribution in [-0.4, -0.2) is 65.5 Å². The molecular formula is C19H28N4O. The van der Waals surface area contributed by atoms with E-state index in [1.54, 1.807) is 6.20 Å². The van der Waals surface area contributed by atoms with Gasteiger partial charge in [-0.1, -0.05) is 6.07 Å². The summed E-state index contributed by atoms with van der Waals surface area (Å²) in [5.74, 6) is 0.480. The van der Waals surface area contributed by atoms with Gasteiger partial charge in [-0.2, -0.15) is 0 Å². The van der Waals surface area contributed by atoms with Crippen molar-refractivity contribution in [2.45, 2.75) is 43.6 Å². The molecule has 3 saturated heterocycles. The van der Waals surface area contributed by atoms with E-state index in [1.165, 1.54) is 44.6 Å². The third-order valence-electron chi connectivity index (χ3n) is 6.21. The third kappa shape index (κ3) is 3.20. The minimum Gasteiger partial charge on any atom is -0.350 e. The molecule has 1 aromatic heterocycles. The molecule has 0 unspecified atom stereocenters. The van der Waals surface area contributed by atoms with Gasteiger partial charge in [0.15, 0.2) is 0 Å². The summed E-state index contributed by atoms with van der Waals surface area (Å²) in [5.41, 5.74) is 1.16. The average molecular weight is 328 g/mol. The number of nitrogens with one attached hydrogen (secondary N) is 1. The van der Waals surface area contributed by atoms with Crippen LogP contribution < -0.4 is 5.32 Å². The fourth-order valence-electron chi connectivity index (χ4n) is 4.75. The van der Waals surface area contributed by atoms with Crippen molar-refractivity contribution < 1.29 is 4.79 Å². The molecule has 3 fully saturated rings. The highest BCUT2D eigenvalue weighted by atomic mass is 16.2. The van der Waals surface area contributed by atoms with Crippen molar-refractivity contribution in [2.75, 3.05) is 39.3 Å². The molecule has 1 atom stereocenters. The van der Waals surface area contributed by atoms with Crippen LogP contribution in [-0.2, 0) is 4.79 Å². The van der Waals surface area contributed by atoms with E-state index in [2.05, 4.69) is 26.2 Å². The number of pyridine rings is 1. The molecule has 1 spiro atoms. The van der Waals surface area contributed by atoms with Crippen molar-refractivity contribution >= 4 is 5.91 Å². The molecule has 3 aliphatic heterocycles. The lowest BCUT2D eigenvalue weighted by molar-refractivity contribution is -0.120. The standard InChI is InChI=1S/C19H28N4O/c24-18-14-17(16-4-3-7-20-15-16)19(21-18)5-10-23(11-6-19)13-12-22-8-1-2-9-22/h3-4,7,15,17H,1-2,5-6,8-14H2,(H,21,24)/t17-/m0/s1. The molecule has 5 heteroatoms. The minimum atomic E-state index is -0.0513. The van der Waals surface area contributed by atoms with Crippen LogP contribution in [0.5, 0.6) is 0 Å². The quantitative estimate of drug-likeness (QED) is 0.912. The van der Waals surface area contributed by atoms with Crippen molar-refractivity contribution in [3.05, 3.63) is 30.1 Å². The molecule has 1 aromatic rings. The summed E-state index contributed by atoms with van der Waals surface area (Å²) >= 11 is 0. The number of carbonyl (C=O) groups excluding carboxylic acids is 1. The first kappa shape index (κ1) is 16.0. The molecule has 4 rings (SSSR count). The van der Waals surface area contributed by atoms with E-state index < -0.39 is 0 Å². The van der Waals surface area contributed by atoms with Crippen LogP contribution in [0, 0.1) is 0 Å². The Hall–Kier alpha value is -1.46. The van der Waals surface area contributed by atoms with Crippen LogP contribution in [0.4, 0.5) is 0 Å². The second kappa shape index (κ2) is 6.81. The molecule has 0 aromatic carbocycles. The monoisotopic (exact) mass is 328 g/mol. The average Bonchev–Trinajstić information content (AvgIpc) is 3.23. The normalized spacial score (nSPS) is 27.7. The lowest BCUT2D eigenvalue weighted by Gasteiger charge is -2.43. The molecule has 0 radical (unpaired) electrons. The molecule has 130 valence electrons. The Morgan fingerprint density at radius 2 is 1.83 bits per heavy atom. The fourth-order valence-corrected chi connectivity index (χ4v) is 4.75. The van der Waals surface area contributed by atoms with Gasteiger partial charge < -0.3 is 15.1 Å². The first-order chi connectivity index (χ1) is 11.8. The fraction of sp³-hybridized carbons (Fsp3) is 0.684. The Kier molecular flexibility index (Phi) is 4.55. The van der Waals surface area contributed by atoms with Gasteiger partial charge in [-0.05, 0) is 50.4 Å². The topological polar surface area (TPSA) is 48.5 Å². The van der Waals surface area contributed by atoms with Crippen LogP contribution >= 0.6 is 0 Å². The molecule has 4 heterocycles. The summed E-state index contributed by atoms with van der Waals surface area (Å²) in [6, 6.07) is 4.11. The van der Waals surface area contributed by atoms with Crippen molar-refractivity contribution in [2.24, 2.45) is 0 Å². The van der Waals surface area contributed by atoms with E-state index in [-0.39, 0.29) is 17.4 Å². The molecule has 3 aliphatic rings. The predicted octanol–water partition coefficient (Wildman–Crippen LogP) is 1.62. The molecule has 0 saturated carbocycles. The largest absolute Gasteiger partial charge is 0.350 e. The van der Waals surface area contributed by atoms with Gasteiger partial charge in [0.2, 0.25) is 5.91 Å². The van der Waals surface area contributed by atoms with E-state index in [1.807, 2.05) is 12.3 Å². The summed E-state index contributed by atoms with van der Waals surface area (Å²) in [4.78, 5) is 21.6. The minimum absolute atomic E-state index is 0.0513. The maximum atomic E-state index is 12.1. The van der Waals surface area contributed by atoms with E-state index >= 15 is 0 Å². The Bertz CT molecular complexity index is 562. The number of carbonyl (C=O) groups is 1. The van der Waals surface area contributed by atoms with E-state index in [0.29, 0.717) is 6.42 Å². The predicted molar refractivity (Wildman–Crippen MR) is 93.8 cm³/mol. The van der Waals surface area contributed by atoms with Crippen LogP contribution in [0.15, 0.2) is 24.5 Å². The van der Waals surface area contributed by atoms with Gasteiger partial charge in [0, 0.05) is 56.5 Å². The first-order valence-corrected chi connectivity index (χ1v) is 9.41. The number of piperidine rings is 1. The van der Waals surface area contributed by atoms with Crippen LogP contribution in [0.25, 0.3) is 0 Å². The van der Waals surface area contributed by atoms with Crippen LogP contribution in [0.2, 0.25) is 0 Å². The maximum Gasteiger partial charge on any atom is 0.221 e. The van der Waals surface area contributed by atoms with Crippen molar-refractivity contribution in [3.63, 3.8) is 0 Å². The van der Waals surface area contributed by atoms with Crippen LogP contribution in [0.3, 0.4) is 0 Å².